The van der Waals surface area contributed by atoms with Crippen LogP contribution in [0.25, 0.3) is 10.9 Å². The highest BCUT2D eigenvalue weighted by Gasteiger charge is 2.12. The van der Waals surface area contributed by atoms with Crippen LogP contribution in [0.5, 0.6) is 5.75 Å². The summed E-state index contributed by atoms with van der Waals surface area (Å²) in [6, 6.07) is 10.8. The molecule has 0 spiro atoms. The minimum absolute atomic E-state index is 0.308. The van der Waals surface area contributed by atoms with Crippen molar-refractivity contribution < 1.29 is 14.4 Å². The fourth-order valence-electron chi connectivity index (χ4n) is 2.62. The number of rotatable bonds is 7. The number of benzene rings is 1. The summed E-state index contributed by atoms with van der Waals surface area (Å²) in [6.45, 7) is 0.308. The minimum Gasteiger partial charge on any atom is -0.494 e. The van der Waals surface area contributed by atoms with Crippen LogP contribution >= 0.6 is 0 Å². The Balaban J connectivity index is 1.62. The summed E-state index contributed by atoms with van der Waals surface area (Å²) in [5.74, 6) is 2.35. The summed E-state index contributed by atoms with van der Waals surface area (Å²) in [5, 5.41) is 11.1. The highest BCUT2D eigenvalue weighted by atomic mass is 16.7. The van der Waals surface area contributed by atoms with Crippen molar-refractivity contribution in [3.8, 4) is 5.75 Å². The van der Waals surface area contributed by atoms with Gasteiger partial charge >= 0.3 is 6.47 Å². The first-order valence-electron chi connectivity index (χ1n) is 8.20. The Labute approximate surface area is 159 Å². The number of nitrogens with zero attached hydrogens (tertiary/aromatic N) is 5. The van der Waals surface area contributed by atoms with Gasteiger partial charge in [-0.2, -0.15) is 0 Å². The van der Waals surface area contributed by atoms with E-state index in [1.807, 2.05) is 24.3 Å². The van der Waals surface area contributed by atoms with Crippen molar-refractivity contribution in [2.45, 2.75) is 0 Å². The molecular formula is C18H15N7O3. The Hall–Kier alpha value is -4.21. The van der Waals surface area contributed by atoms with Crippen LogP contribution in [-0.4, -0.2) is 38.5 Å². The number of carbonyl (C=O) groups excluding carboxylic acids is 1. The van der Waals surface area contributed by atoms with Crippen LogP contribution in [0.4, 0.5) is 23.1 Å². The molecule has 10 heteroatoms. The van der Waals surface area contributed by atoms with Crippen LogP contribution in [0.3, 0.4) is 0 Å². The standard InChI is InChI=1S/C18H15N7O3/c1-27-15-7-14-12(9-22-25(14)28-11-26)6-13(15)23-17-8-18(21-10-20-17)24-16-4-2-3-5-19-16/h2-11H,1H3,(H2,19,20,21,23,24). The van der Waals surface area contributed by atoms with Gasteiger partial charge in [0, 0.05) is 23.7 Å². The average Bonchev–Trinajstić information content (AvgIpc) is 3.10. The average molecular weight is 377 g/mol. The van der Waals surface area contributed by atoms with Gasteiger partial charge in [0.05, 0.1) is 19.0 Å². The number of anilines is 4. The van der Waals surface area contributed by atoms with Crippen LogP contribution in [-0.2, 0) is 4.79 Å². The van der Waals surface area contributed by atoms with E-state index in [1.165, 1.54) is 6.33 Å². The maximum Gasteiger partial charge on any atom is 0.323 e. The highest BCUT2D eigenvalue weighted by Crippen LogP contribution is 2.32. The predicted octanol–water partition coefficient (Wildman–Crippen LogP) is 2.30. The molecule has 2 N–H and O–H groups in total. The SMILES string of the molecule is COc1cc2c(cnn2OC=O)cc1Nc1cc(Nc2ccccn2)ncn1. The number of hydrogen-bond donors (Lipinski definition) is 2. The van der Waals surface area contributed by atoms with Crippen molar-refractivity contribution in [3.05, 3.63) is 55.1 Å². The first kappa shape index (κ1) is 17.2. The number of hydrogen-bond acceptors (Lipinski definition) is 9. The Morgan fingerprint density at radius 1 is 1.04 bits per heavy atom. The number of aromatic nitrogens is 5. The molecule has 0 saturated heterocycles. The summed E-state index contributed by atoms with van der Waals surface area (Å²) in [6.07, 6.45) is 4.71. The summed E-state index contributed by atoms with van der Waals surface area (Å²) < 4.78 is 5.44. The first-order chi connectivity index (χ1) is 13.8. The normalized spacial score (nSPS) is 10.5. The van der Waals surface area contributed by atoms with E-state index in [0.29, 0.717) is 40.9 Å². The quantitative estimate of drug-likeness (QED) is 0.468. The molecule has 0 amide bonds. The molecule has 140 valence electrons. The maximum atomic E-state index is 10.6. The molecule has 28 heavy (non-hydrogen) atoms. The van der Waals surface area contributed by atoms with Crippen molar-refractivity contribution in [3.63, 3.8) is 0 Å². The van der Waals surface area contributed by atoms with Gasteiger partial charge in [-0.05, 0) is 18.2 Å². The van der Waals surface area contributed by atoms with Gasteiger partial charge in [0.15, 0.2) is 0 Å². The second-order valence-corrected chi connectivity index (χ2v) is 5.58. The number of methoxy groups -OCH3 is 1. The van der Waals surface area contributed by atoms with Gasteiger partial charge in [0.1, 0.15) is 35.0 Å². The van der Waals surface area contributed by atoms with E-state index in [-0.39, 0.29) is 0 Å². The number of fused-ring (bicyclic) bond motifs is 1. The van der Waals surface area contributed by atoms with Crippen LogP contribution in [0, 0.1) is 0 Å². The molecule has 10 nitrogen and oxygen atoms in total. The van der Waals surface area contributed by atoms with Gasteiger partial charge in [-0.1, -0.05) is 10.9 Å². The lowest BCUT2D eigenvalue weighted by atomic mass is 10.2. The van der Waals surface area contributed by atoms with Crippen molar-refractivity contribution in [1.29, 1.82) is 0 Å². The molecule has 0 unspecified atom stereocenters. The van der Waals surface area contributed by atoms with E-state index in [0.717, 1.165) is 10.2 Å². The maximum absolute atomic E-state index is 10.6. The zero-order valence-corrected chi connectivity index (χ0v) is 14.7. The molecule has 3 heterocycles. The molecule has 0 atom stereocenters. The second kappa shape index (κ2) is 7.58. The Morgan fingerprint density at radius 3 is 2.64 bits per heavy atom. The van der Waals surface area contributed by atoms with Gasteiger partial charge in [-0.3, -0.25) is 4.79 Å². The predicted molar refractivity (Wildman–Crippen MR) is 102 cm³/mol. The second-order valence-electron chi connectivity index (χ2n) is 5.58. The molecule has 1 aromatic carbocycles. The largest absolute Gasteiger partial charge is 0.494 e. The van der Waals surface area contributed by atoms with Crippen molar-refractivity contribution in [1.82, 2.24) is 24.9 Å². The Morgan fingerprint density at radius 2 is 1.89 bits per heavy atom. The summed E-state index contributed by atoms with van der Waals surface area (Å²) in [7, 11) is 1.54. The van der Waals surface area contributed by atoms with Gasteiger partial charge in [0.25, 0.3) is 0 Å². The van der Waals surface area contributed by atoms with E-state index in [1.54, 1.807) is 31.6 Å². The molecule has 0 aliphatic rings. The van der Waals surface area contributed by atoms with Crippen LogP contribution in [0.1, 0.15) is 0 Å². The van der Waals surface area contributed by atoms with Gasteiger partial charge in [-0.25, -0.2) is 15.0 Å². The van der Waals surface area contributed by atoms with E-state index >= 15 is 0 Å². The molecule has 0 aliphatic heterocycles. The third-order valence-corrected chi connectivity index (χ3v) is 3.85. The summed E-state index contributed by atoms with van der Waals surface area (Å²) in [5.41, 5.74) is 1.26. The third-order valence-electron chi connectivity index (χ3n) is 3.85. The first-order valence-corrected chi connectivity index (χ1v) is 8.20. The van der Waals surface area contributed by atoms with Crippen molar-refractivity contribution in [2.24, 2.45) is 0 Å². The molecule has 3 aromatic heterocycles. The highest BCUT2D eigenvalue weighted by molar-refractivity contribution is 5.87. The smallest absolute Gasteiger partial charge is 0.323 e. The van der Waals surface area contributed by atoms with Crippen molar-refractivity contribution in [2.75, 3.05) is 17.7 Å². The van der Waals surface area contributed by atoms with Crippen LogP contribution in [0.15, 0.2) is 55.1 Å². The molecule has 0 radical (unpaired) electrons. The van der Waals surface area contributed by atoms with E-state index in [4.69, 9.17) is 9.57 Å². The lowest BCUT2D eigenvalue weighted by Crippen LogP contribution is -2.10. The van der Waals surface area contributed by atoms with Crippen LogP contribution in [0.2, 0.25) is 0 Å². The molecule has 0 saturated carbocycles. The number of carbonyl (C=O) groups is 1. The number of ether oxygens (including phenoxy) is 1. The number of nitrogens with one attached hydrogen (secondary N) is 2. The minimum atomic E-state index is 0.308. The van der Waals surface area contributed by atoms with E-state index < -0.39 is 0 Å². The summed E-state index contributed by atoms with van der Waals surface area (Å²) >= 11 is 0. The molecular weight excluding hydrogens is 362 g/mol. The fourth-order valence-corrected chi connectivity index (χ4v) is 2.62. The molecule has 4 aromatic rings. The third kappa shape index (κ3) is 3.51. The molecule has 0 aliphatic carbocycles. The lowest BCUT2D eigenvalue weighted by Gasteiger charge is -2.12. The van der Waals surface area contributed by atoms with Gasteiger partial charge in [0.2, 0.25) is 0 Å². The van der Waals surface area contributed by atoms with Crippen LogP contribution < -0.4 is 20.2 Å². The molecule has 4 rings (SSSR count). The molecule has 0 fully saturated rings. The fraction of sp³-hybridized carbons (Fsp3) is 0.0556. The lowest BCUT2D eigenvalue weighted by molar-refractivity contribution is -0.130. The van der Waals surface area contributed by atoms with E-state index in [9.17, 15) is 4.79 Å². The zero-order chi connectivity index (χ0) is 19.3. The topological polar surface area (TPSA) is 116 Å². The Bertz CT molecular complexity index is 1110. The zero-order valence-electron chi connectivity index (χ0n) is 14.7. The Kier molecular flexibility index (Phi) is 4.66. The van der Waals surface area contributed by atoms with Crippen molar-refractivity contribution >= 4 is 40.5 Å². The van der Waals surface area contributed by atoms with Gasteiger partial charge in [-0.15, -0.1) is 5.10 Å². The van der Waals surface area contributed by atoms with E-state index in [2.05, 4.69) is 30.7 Å². The van der Waals surface area contributed by atoms with Gasteiger partial charge < -0.3 is 20.2 Å². The monoisotopic (exact) mass is 377 g/mol. The number of pyridine rings is 1. The molecule has 0 bridgehead atoms. The summed E-state index contributed by atoms with van der Waals surface area (Å²) in [4.78, 5) is 29.2.